The Kier molecular flexibility index (Phi) is 11.1. The monoisotopic (exact) mass is 408 g/mol. The number of benzene rings is 2. The fraction of sp³-hybridized carbons (Fsp3) is 0.364. The van der Waals surface area contributed by atoms with Gasteiger partial charge in [0.15, 0.2) is 0 Å². The van der Waals surface area contributed by atoms with Crippen molar-refractivity contribution in [3.8, 4) is 5.75 Å². The minimum absolute atomic E-state index is 0. The molecule has 0 radical (unpaired) electrons. The second-order valence-electron chi connectivity index (χ2n) is 6.51. The van der Waals surface area contributed by atoms with Gasteiger partial charge in [-0.1, -0.05) is 48.5 Å². The van der Waals surface area contributed by atoms with E-state index in [9.17, 15) is 0 Å². The van der Waals surface area contributed by atoms with Gasteiger partial charge in [-0.3, -0.25) is 4.90 Å². The molecule has 1 N–H and O–H groups in total. The smallest absolute Gasteiger partial charge is 0.119 e. The van der Waals surface area contributed by atoms with Crippen LogP contribution in [0, 0.1) is 0 Å². The van der Waals surface area contributed by atoms with E-state index in [-0.39, 0.29) is 24.8 Å². The van der Waals surface area contributed by atoms with Crippen molar-refractivity contribution in [2.75, 3.05) is 26.2 Å². The summed E-state index contributed by atoms with van der Waals surface area (Å²) in [5.74, 6) is 0.926. The minimum atomic E-state index is 0. The first-order valence-electron chi connectivity index (χ1n) is 9.19. The molecule has 0 aromatic heterocycles. The van der Waals surface area contributed by atoms with Crippen LogP contribution < -0.4 is 10.1 Å². The van der Waals surface area contributed by atoms with Gasteiger partial charge in [0, 0.05) is 32.2 Å². The van der Waals surface area contributed by atoms with Crippen molar-refractivity contribution in [2.45, 2.75) is 25.5 Å². The van der Waals surface area contributed by atoms with Crippen molar-refractivity contribution in [2.24, 2.45) is 0 Å². The number of hydrogen-bond acceptors (Lipinski definition) is 3. The fourth-order valence-electron chi connectivity index (χ4n) is 3.36. The average Bonchev–Trinajstić information content (AvgIpc) is 2.69. The molecule has 1 aliphatic rings. The van der Waals surface area contributed by atoms with Gasteiger partial charge in [-0.2, -0.15) is 0 Å². The van der Waals surface area contributed by atoms with Gasteiger partial charge in [0.05, 0.1) is 0 Å². The van der Waals surface area contributed by atoms with Crippen LogP contribution in [0.15, 0.2) is 67.3 Å². The Hall–Kier alpha value is -1.52. The summed E-state index contributed by atoms with van der Waals surface area (Å²) in [5.41, 5.74) is 2.56. The van der Waals surface area contributed by atoms with Gasteiger partial charge in [0.25, 0.3) is 0 Å². The van der Waals surface area contributed by atoms with Crippen LogP contribution in [0.3, 0.4) is 0 Å². The van der Waals surface area contributed by atoms with Crippen LogP contribution in [-0.4, -0.2) is 31.1 Å². The first kappa shape index (κ1) is 23.5. The van der Waals surface area contributed by atoms with Crippen LogP contribution in [0.25, 0.3) is 0 Å². The molecule has 0 bridgehead atoms. The number of hydrogen-bond donors (Lipinski definition) is 1. The van der Waals surface area contributed by atoms with Gasteiger partial charge in [0.1, 0.15) is 12.4 Å². The molecule has 27 heavy (non-hydrogen) atoms. The first-order chi connectivity index (χ1) is 12.4. The molecule has 2 aromatic carbocycles. The van der Waals surface area contributed by atoms with E-state index < -0.39 is 0 Å². The molecular formula is C22H30Cl2N2O. The Balaban J connectivity index is 0.00000182. The lowest BCUT2D eigenvalue weighted by Gasteiger charge is -2.35. The van der Waals surface area contributed by atoms with Crippen molar-refractivity contribution in [1.29, 1.82) is 0 Å². The third-order valence-corrected chi connectivity index (χ3v) is 4.75. The topological polar surface area (TPSA) is 24.5 Å². The van der Waals surface area contributed by atoms with Crippen molar-refractivity contribution in [3.63, 3.8) is 0 Å². The molecule has 3 nitrogen and oxygen atoms in total. The summed E-state index contributed by atoms with van der Waals surface area (Å²) >= 11 is 0. The van der Waals surface area contributed by atoms with Crippen LogP contribution in [0.2, 0.25) is 0 Å². The molecule has 2 aromatic rings. The molecule has 0 unspecified atom stereocenters. The Bertz CT molecular complexity index is 643. The SMILES string of the molecule is C=CCC[C@@H](c1ccc(OCc2ccccc2)cc1)N1CCNCC1.Cl.Cl. The molecule has 0 aliphatic carbocycles. The highest BCUT2D eigenvalue weighted by Crippen LogP contribution is 2.28. The van der Waals surface area contributed by atoms with E-state index in [1.165, 1.54) is 11.1 Å². The normalized spacial score (nSPS) is 15.1. The Morgan fingerprint density at radius 2 is 1.67 bits per heavy atom. The number of halogens is 2. The van der Waals surface area contributed by atoms with Crippen LogP contribution in [0.1, 0.15) is 30.0 Å². The molecule has 1 atom stereocenters. The highest BCUT2D eigenvalue weighted by atomic mass is 35.5. The predicted molar refractivity (Wildman–Crippen MR) is 118 cm³/mol. The van der Waals surface area contributed by atoms with E-state index in [4.69, 9.17) is 4.74 Å². The Labute approximate surface area is 175 Å². The molecule has 0 saturated carbocycles. The van der Waals surface area contributed by atoms with E-state index in [1.54, 1.807) is 0 Å². The third-order valence-electron chi connectivity index (χ3n) is 4.75. The van der Waals surface area contributed by atoms with Crippen molar-refractivity contribution in [1.82, 2.24) is 10.2 Å². The number of nitrogens with zero attached hydrogens (tertiary/aromatic N) is 1. The lowest BCUT2D eigenvalue weighted by Crippen LogP contribution is -2.45. The molecular weight excluding hydrogens is 379 g/mol. The summed E-state index contributed by atoms with van der Waals surface area (Å²) in [6.45, 7) is 8.85. The zero-order valence-electron chi connectivity index (χ0n) is 15.7. The molecule has 0 spiro atoms. The molecule has 1 saturated heterocycles. The van der Waals surface area contributed by atoms with Gasteiger partial charge in [0.2, 0.25) is 0 Å². The molecule has 0 amide bonds. The number of piperazine rings is 1. The number of allylic oxidation sites excluding steroid dienone is 1. The molecule has 148 valence electrons. The van der Waals surface area contributed by atoms with Crippen molar-refractivity contribution >= 4 is 24.8 Å². The van der Waals surface area contributed by atoms with Gasteiger partial charge in [-0.15, -0.1) is 31.4 Å². The lowest BCUT2D eigenvalue weighted by atomic mass is 9.99. The van der Waals surface area contributed by atoms with Gasteiger partial charge >= 0.3 is 0 Å². The maximum absolute atomic E-state index is 5.91. The first-order valence-corrected chi connectivity index (χ1v) is 9.19. The second kappa shape index (κ2) is 12.8. The van der Waals surface area contributed by atoms with E-state index in [2.05, 4.69) is 53.2 Å². The molecule has 3 rings (SSSR count). The summed E-state index contributed by atoms with van der Waals surface area (Å²) in [5, 5.41) is 3.44. The Morgan fingerprint density at radius 1 is 1.00 bits per heavy atom. The lowest BCUT2D eigenvalue weighted by molar-refractivity contribution is 0.166. The maximum atomic E-state index is 5.91. The van der Waals surface area contributed by atoms with Gasteiger partial charge in [-0.05, 0) is 36.1 Å². The van der Waals surface area contributed by atoms with Gasteiger partial charge in [-0.25, -0.2) is 0 Å². The van der Waals surface area contributed by atoms with E-state index in [0.717, 1.165) is 44.8 Å². The van der Waals surface area contributed by atoms with Crippen LogP contribution in [0.5, 0.6) is 5.75 Å². The molecule has 1 fully saturated rings. The standard InChI is InChI=1S/C22H28N2O.2ClH/c1-2-3-9-22(24-16-14-23-15-17-24)20-10-12-21(13-11-20)25-18-19-7-5-4-6-8-19;;/h2,4-8,10-13,22-23H,1,3,9,14-18H2;2*1H/t22-;;/m0../s1. The largest absolute Gasteiger partial charge is 0.489 e. The molecule has 1 heterocycles. The third kappa shape index (κ3) is 7.19. The second-order valence-corrected chi connectivity index (χ2v) is 6.51. The molecule has 1 aliphatic heterocycles. The fourth-order valence-corrected chi connectivity index (χ4v) is 3.36. The van der Waals surface area contributed by atoms with Crippen molar-refractivity contribution < 1.29 is 4.74 Å². The van der Waals surface area contributed by atoms with E-state index in [1.807, 2.05) is 24.3 Å². The highest BCUT2D eigenvalue weighted by Gasteiger charge is 2.21. The number of nitrogens with one attached hydrogen (secondary N) is 1. The number of rotatable bonds is 8. The van der Waals surface area contributed by atoms with Crippen molar-refractivity contribution in [3.05, 3.63) is 78.4 Å². The zero-order valence-corrected chi connectivity index (χ0v) is 17.3. The predicted octanol–water partition coefficient (Wildman–Crippen LogP) is 5.02. The van der Waals surface area contributed by atoms with Crippen LogP contribution in [-0.2, 0) is 6.61 Å². The average molecular weight is 409 g/mol. The summed E-state index contributed by atoms with van der Waals surface area (Å²) in [6, 6.07) is 19.4. The summed E-state index contributed by atoms with van der Waals surface area (Å²) in [6.07, 6.45) is 4.18. The maximum Gasteiger partial charge on any atom is 0.119 e. The number of ether oxygens (including phenoxy) is 1. The minimum Gasteiger partial charge on any atom is -0.489 e. The van der Waals surface area contributed by atoms with Gasteiger partial charge < -0.3 is 10.1 Å². The van der Waals surface area contributed by atoms with Crippen LogP contribution in [0.4, 0.5) is 0 Å². The Morgan fingerprint density at radius 3 is 2.30 bits per heavy atom. The summed E-state index contributed by atoms with van der Waals surface area (Å²) < 4.78 is 5.91. The molecule has 5 heteroatoms. The quantitative estimate of drug-likeness (QED) is 0.620. The van der Waals surface area contributed by atoms with Crippen LogP contribution >= 0.6 is 24.8 Å². The summed E-state index contributed by atoms with van der Waals surface area (Å²) in [7, 11) is 0. The summed E-state index contributed by atoms with van der Waals surface area (Å²) in [4.78, 5) is 2.58. The zero-order chi connectivity index (χ0) is 17.3. The van der Waals surface area contributed by atoms with E-state index >= 15 is 0 Å². The highest BCUT2D eigenvalue weighted by molar-refractivity contribution is 5.85. The van der Waals surface area contributed by atoms with E-state index in [0.29, 0.717) is 12.6 Å².